The largest absolute Gasteiger partial charge is 0.503 e. The molecule has 1 aromatic heterocycles. The highest BCUT2D eigenvalue weighted by atomic mass is 31.2. The Bertz CT molecular complexity index is 737. The van der Waals surface area contributed by atoms with Crippen molar-refractivity contribution in [3.63, 3.8) is 0 Å². The highest BCUT2D eigenvalue weighted by Crippen LogP contribution is 2.60. The molecular formula is C22H34N2O2P+. The molecule has 148 valence electrons. The summed E-state index contributed by atoms with van der Waals surface area (Å²) in [5.41, 5.74) is 0.626. The van der Waals surface area contributed by atoms with Crippen LogP contribution in [-0.4, -0.2) is 33.4 Å². The number of hydrogen-bond donors (Lipinski definition) is 1. The average Bonchev–Trinajstić information content (AvgIpc) is 2.69. The molecule has 0 atom stereocenters. The Labute approximate surface area is 164 Å². The van der Waals surface area contributed by atoms with Gasteiger partial charge in [-0.3, -0.25) is 4.79 Å². The van der Waals surface area contributed by atoms with Crippen LogP contribution < -0.4 is 10.9 Å². The molecule has 0 saturated heterocycles. The lowest BCUT2D eigenvalue weighted by atomic mass is 10.3. The van der Waals surface area contributed by atoms with Crippen LogP contribution in [0, 0.1) is 0 Å². The standard InChI is InChI=1S/C22H33N2O2P/c1-4-7-15-27(16-8-5-2,17-9-6-3)21-20(25)18-23-24(22(21)26)19-13-11-10-12-14-19/h10-14,18H,4-9,15-17H2,1-3H3/p+1. The van der Waals surface area contributed by atoms with Gasteiger partial charge in [0.2, 0.25) is 5.30 Å². The van der Waals surface area contributed by atoms with Crippen molar-refractivity contribution >= 4 is 12.6 Å². The molecule has 0 radical (unpaired) electrons. The van der Waals surface area contributed by atoms with E-state index in [1.165, 1.54) is 10.9 Å². The zero-order valence-corrected chi connectivity index (χ0v) is 17.9. The Morgan fingerprint density at radius 1 is 0.926 bits per heavy atom. The van der Waals surface area contributed by atoms with E-state index in [1.807, 2.05) is 30.3 Å². The molecule has 1 N–H and O–H groups in total. The molecule has 0 bridgehead atoms. The molecule has 1 heterocycles. The van der Waals surface area contributed by atoms with Crippen LogP contribution in [0.25, 0.3) is 5.69 Å². The number of unbranched alkanes of at least 4 members (excludes halogenated alkanes) is 3. The molecule has 0 aliphatic carbocycles. The van der Waals surface area contributed by atoms with Gasteiger partial charge < -0.3 is 5.11 Å². The minimum atomic E-state index is -1.74. The van der Waals surface area contributed by atoms with E-state index in [0.29, 0.717) is 5.30 Å². The van der Waals surface area contributed by atoms with Crippen molar-refractivity contribution in [3.8, 4) is 11.4 Å². The van der Waals surface area contributed by atoms with E-state index < -0.39 is 7.26 Å². The number of rotatable bonds is 11. The van der Waals surface area contributed by atoms with E-state index in [0.717, 1.165) is 62.7 Å². The summed E-state index contributed by atoms with van der Waals surface area (Å²) in [4.78, 5) is 13.5. The molecule has 0 amide bonds. The molecular weight excluding hydrogens is 355 g/mol. The number of aromatic nitrogens is 2. The summed E-state index contributed by atoms with van der Waals surface area (Å²) in [7, 11) is -1.74. The van der Waals surface area contributed by atoms with Crippen LogP contribution in [0.1, 0.15) is 59.3 Å². The van der Waals surface area contributed by atoms with Crippen molar-refractivity contribution in [3.05, 3.63) is 46.9 Å². The summed E-state index contributed by atoms with van der Waals surface area (Å²) < 4.78 is 1.47. The third kappa shape index (κ3) is 5.19. The van der Waals surface area contributed by atoms with Gasteiger partial charge in [-0.15, -0.1) is 0 Å². The second kappa shape index (κ2) is 10.6. The summed E-state index contributed by atoms with van der Waals surface area (Å²) in [5.74, 6) is 0.101. The quantitative estimate of drug-likeness (QED) is 0.551. The maximum Gasteiger partial charge on any atom is 0.317 e. The molecule has 0 aliphatic rings. The minimum absolute atomic E-state index is 0.101. The smallest absolute Gasteiger partial charge is 0.317 e. The van der Waals surface area contributed by atoms with Gasteiger partial charge in [0.05, 0.1) is 37.6 Å². The first-order chi connectivity index (χ1) is 13.1. The van der Waals surface area contributed by atoms with Gasteiger partial charge in [-0.1, -0.05) is 58.2 Å². The fraction of sp³-hybridized carbons (Fsp3) is 0.545. The number of aromatic hydroxyl groups is 1. The fourth-order valence-corrected chi connectivity index (χ4v) is 8.84. The monoisotopic (exact) mass is 389 g/mol. The van der Waals surface area contributed by atoms with Gasteiger partial charge in [0.15, 0.2) is 5.75 Å². The number of hydrogen-bond acceptors (Lipinski definition) is 3. The van der Waals surface area contributed by atoms with Gasteiger partial charge in [0, 0.05) is 0 Å². The summed E-state index contributed by atoms with van der Waals surface area (Å²) in [6.07, 6.45) is 11.3. The lowest BCUT2D eigenvalue weighted by Gasteiger charge is -2.27. The van der Waals surface area contributed by atoms with Crippen molar-refractivity contribution in [2.24, 2.45) is 0 Å². The maximum absolute atomic E-state index is 13.5. The van der Waals surface area contributed by atoms with Crippen LogP contribution >= 0.6 is 7.26 Å². The zero-order valence-electron chi connectivity index (χ0n) is 17.0. The molecule has 4 nitrogen and oxygen atoms in total. The topological polar surface area (TPSA) is 55.1 Å². The van der Waals surface area contributed by atoms with Crippen LogP contribution in [0.3, 0.4) is 0 Å². The van der Waals surface area contributed by atoms with Gasteiger partial charge >= 0.3 is 5.56 Å². The van der Waals surface area contributed by atoms with Gasteiger partial charge in [0.25, 0.3) is 0 Å². The van der Waals surface area contributed by atoms with Crippen LogP contribution in [0.4, 0.5) is 0 Å². The van der Waals surface area contributed by atoms with Gasteiger partial charge in [-0.25, -0.2) is 0 Å². The van der Waals surface area contributed by atoms with Gasteiger partial charge in [0.1, 0.15) is 0 Å². The SMILES string of the molecule is CCCC[P+](CCCC)(CCCC)c1c(O)cnn(-c2ccccc2)c1=O. The van der Waals surface area contributed by atoms with Crippen molar-refractivity contribution in [2.45, 2.75) is 59.3 Å². The lowest BCUT2D eigenvalue weighted by Crippen LogP contribution is -2.39. The highest BCUT2D eigenvalue weighted by molar-refractivity contribution is 7.83. The Balaban J connectivity index is 2.63. The second-order valence-corrected chi connectivity index (χ2v) is 11.4. The highest BCUT2D eigenvalue weighted by Gasteiger charge is 2.44. The van der Waals surface area contributed by atoms with Crippen molar-refractivity contribution in [1.29, 1.82) is 0 Å². The molecule has 0 aliphatic heterocycles. The zero-order chi connectivity index (χ0) is 19.7. The molecule has 27 heavy (non-hydrogen) atoms. The van der Waals surface area contributed by atoms with Crippen molar-refractivity contribution in [1.82, 2.24) is 9.78 Å². The van der Waals surface area contributed by atoms with E-state index in [9.17, 15) is 9.90 Å². The molecule has 2 aromatic rings. The molecule has 0 saturated carbocycles. The van der Waals surface area contributed by atoms with E-state index in [1.54, 1.807) is 0 Å². The van der Waals surface area contributed by atoms with Crippen LogP contribution in [0.2, 0.25) is 0 Å². The Morgan fingerprint density at radius 3 is 1.93 bits per heavy atom. The summed E-state index contributed by atoms with van der Waals surface area (Å²) in [5, 5.41) is 15.7. The van der Waals surface area contributed by atoms with E-state index >= 15 is 0 Å². The predicted molar refractivity (Wildman–Crippen MR) is 117 cm³/mol. The van der Waals surface area contributed by atoms with E-state index in [2.05, 4.69) is 25.9 Å². The summed E-state index contributed by atoms with van der Waals surface area (Å²) >= 11 is 0. The van der Waals surface area contributed by atoms with Crippen LogP contribution in [0.5, 0.6) is 5.75 Å². The first-order valence-corrected chi connectivity index (χ1v) is 12.7. The molecule has 2 rings (SSSR count). The summed E-state index contributed by atoms with van der Waals surface area (Å²) in [6.45, 7) is 6.59. The maximum atomic E-state index is 13.5. The number of nitrogens with zero attached hydrogens (tertiary/aromatic N) is 2. The van der Waals surface area contributed by atoms with Crippen molar-refractivity contribution < 1.29 is 5.11 Å². The average molecular weight is 390 g/mol. The third-order valence-electron chi connectivity index (χ3n) is 5.23. The fourth-order valence-electron chi connectivity index (χ4n) is 3.69. The normalized spacial score (nSPS) is 11.7. The number of benzene rings is 1. The van der Waals surface area contributed by atoms with Crippen molar-refractivity contribution in [2.75, 3.05) is 18.5 Å². The molecule has 0 spiro atoms. The first-order valence-electron chi connectivity index (χ1n) is 10.3. The molecule has 0 unspecified atom stereocenters. The molecule has 5 heteroatoms. The first kappa shape index (κ1) is 21.6. The Kier molecular flexibility index (Phi) is 8.50. The lowest BCUT2D eigenvalue weighted by molar-refractivity contribution is 0.472. The van der Waals surface area contributed by atoms with E-state index in [-0.39, 0.29) is 11.3 Å². The van der Waals surface area contributed by atoms with Gasteiger partial charge in [-0.2, -0.15) is 9.78 Å². The Hall–Kier alpha value is -1.67. The van der Waals surface area contributed by atoms with E-state index in [4.69, 9.17) is 0 Å². The third-order valence-corrected chi connectivity index (χ3v) is 10.1. The van der Waals surface area contributed by atoms with Crippen LogP contribution in [-0.2, 0) is 0 Å². The van der Waals surface area contributed by atoms with Gasteiger partial charge in [-0.05, 0) is 31.4 Å². The summed E-state index contributed by atoms with van der Waals surface area (Å²) in [6, 6.07) is 9.52. The molecule has 0 fully saturated rings. The van der Waals surface area contributed by atoms with Crippen LogP contribution in [0.15, 0.2) is 41.3 Å². The minimum Gasteiger partial charge on any atom is -0.503 e. The Morgan fingerprint density at radius 2 is 1.44 bits per heavy atom. The second-order valence-electron chi connectivity index (χ2n) is 7.31. The molecule has 1 aromatic carbocycles. The number of para-hydroxylation sites is 1. The predicted octanol–water partition coefficient (Wildman–Crippen LogP) is 4.98.